The van der Waals surface area contributed by atoms with Crippen LogP contribution in [0.3, 0.4) is 0 Å². The third kappa shape index (κ3) is 3.28. The Kier molecular flexibility index (Phi) is 4.70. The Morgan fingerprint density at radius 3 is 2.35 bits per heavy atom. The third-order valence-corrected chi connectivity index (χ3v) is 5.74. The minimum Gasteiger partial charge on any atom is -0.383 e. The molecule has 0 fully saturated rings. The maximum Gasteiger partial charge on any atom is 0.268 e. The zero-order chi connectivity index (χ0) is 18.9. The van der Waals surface area contributed by atoms with Gasteiger partial charge in [0.2, 0.25) is 5.78 Å². The lowest BCUT2D eigenvalue weighted by atomic mass is 10.2. The highest BCUT2D eigenvalue weighted by atomic mass is 32.2. The van der Waals surface area contributed by atoms with Crippen LogP contribution in [0.1, 0.15) is 16.1 Å². The summed E-state index contributed by atoms with van der Waals surface area (Å²) >= 11 is 0. The second kappa shape index (κ2) is 6.80. The summed E-state index contributed by atoms with van der Waals surface area (Å²) in [5.41, 5.74) is 1.56. The summed E-state index contributed by atoms with van der Waals surface area (Å²) in [5, 5.41) is 0.699. The fourth-order valence-corrected chi connectivity index (χ4v) is 4.20. The lowest BCUT2D eigenvalue weighted by Crippen LogP contribution is -2.18. The van der Waals surface area contributed by atoms with Crippen molar-refractivity contribution < 1.29 is 13.2 Å². The SMILES string of the molecule is Cc1ccc(S(=O)(=O)n2c(C(=O)C=CN(C)C)cc3ccccc32)cc1. The number of nitrogens with zero attached hydrogens (tertiary/aromatic N) is 2. The van der Waals surface area contributed by atoms with Gasteiger partial charge in [-0.3, -0.25) is 4.79 Å². The Labute approximate surface area is 153 Å². The van der Waals surface area contributed by atoms with E-state index in [4.69, 9.17) is 0 Å². The molecule has 0 aliphatic heterocycles. The summed E-state index contributed by atoms with van der Waals surface area (Å²) in [6.45, 7) is 1.89. The molecular weight excluding hydrogens is 348 g/mol. The Bertz CT molecular complexity index is 1090. The molecule has 0 aliphatic rings. The molecule has 6 heteroatoms. The molecule has 0 atom stereocenters. The number of allylic oxidation sites excluding steroid dienone is 1. The van der Waals surface area contributed by atoms with Gasteiger partial charge in [0.15, 0.2) is 0 Å². The van der Waals surface area contributed by atoms with E-state index in [0.29, 0.717) is 10.9 Å². The van der Waals surface area contributed by atoms with Crippen LogP contribution >= 0.6 is 0 Å². The van der Waals surface area contributed by atoms with Gasteiger partial charge in [-0.2, -0.15) is 0 Å². The predicted molar refractivity (Wildman–Crippen MR) is 103 cm³/mol. The molecule has 5 nitrogen and oxygen atoms in total. The number of para-hydroxylation sites is 1. The van der Waals surface area contributed by atoms with Gasteiger partial charge in [-0.25, -0.2) is 12.4 Å². The molecule has 3 aromatic rings. The number of aromatic nitrogens is 1. The molecule has 1 aromatic heterocycles. The van der Waals surface area contributed by atoms with Gasteiger partial charge in [-0.1, -0.05) is 35.9 Å². The number of carbonyl (C=O) groups excluding carboxylic acids is 1. The van der Waals surface area contributed by atoms with Gasteiger partial charge in [0.1, 0.15) is 5.69 Å². The first-order chi connectivity index (χ1) is 12.3. The van der Waals surface area contributed by atoms with Crippen molar-refractivity contribution in [3.63, 3.8) is 0 Å². The van der Waals surface area contributed by atoms with Crippen molar-refractivity contribution in [2.75, 3.05) is 14.1 Å². The molecule has 0 saturated carbocycles. The molecule has 134 valence electrons. The van der Waals surface area contributed by atoms with Crippen LogP contribution in [0.5, 0.6) is 0 Å². The minimum atomic E-state index is -3.90. The molecule has 0 amide bonds. The Balaban J connectivity index is 2.25. The monoisotopic (exact) mass is 368 g/mol. The van der Waals surface area contributed by atoms with E-state index in [9.17, 15) is 13.2 Å². The largest absolute Gasteiger partial charge is 0.383 e. The molecule has 2 aromatic carbocycles. The van der Waals surface area contributed by atoms with Crippen LogP contribution in [0.15, 0.2) is 71.8 Å². The summed E-state index contributed by atoms with van der Waals surface area (Å²) in [5.74, 6) is -0.370. The number of fused-ring (bicyclic) bond motifs is 1. The van der Waals surface area contributed by atoms with Crippen LogP contribution in [0, 0.1) is 6.92 Å². The molecule has 0 bridgehead atoms. The lowest BCUT2D eigenvalue weighted by Gasteiger charge is -2.11. The molecule has 1 heterocycles. The van der Waals surface area contributed by atoms with E-state index in [0.717, 1.165) is 9.54 Å². The summed E-state index contributed by atoms with van der Waals surface area (Å²) < 4.78 is 27.7. The first-order valence-corrected chi connectivity index (χ1v) is 9.56. The second-order valence-corrected chi connectivity index (χ2v) is 8.10. The summed E-state index contributed by atoms with van der Waals surface area (Å²) in [7, 11) is -0.317. The van der Waals surface area contributed by atoms with Crippen LogP contribution < -0.4 is 0 Å². The first-order valence-electron chi connectivity index (χ1n) is 8.12. The van der Waals surface area contributed by atoms with Crippen LogP contribution in [-0.4, -0.2) is 37.2 Å². The fourth-order valence-electron chi connectivity index (χ4n) is 2.68. The first kappa shape index (κ1) is 17.9. The molecule has 0 aliphatic carbocycles. The van der Waals surface area contributed by atoms with Crippen LogP contribution in [0.2, 0.25) is 0 Å². The summed E-state index contributed by atoms with van der Waals surface area (Å²) in [6.07, 6.45) is 2.97. The van der Waals surface area contributed by atoms with Gasteiger partial charge in [-0.15, -0.1) is 0 Å². The number of benzene rings is 2. The van der Waals surface area contributed by atoms with Crippen LogP contribution in [0.25, 0.3) is 10.9 Å². The number of ketones is 1. The molecule has 3 rings (SSSR count). The van der Waals surface area contributed by atoms with Crippen LogP contribution in [0.4, 0.5) is 0 Å². The average molecular weight is 368 g/mol. The minimum absolute atomic E-state index is 0.116. The number of aryl methyl sites for hydroxylation is 1. The standard InChI is InChI=1S/C20H20N2O3S/c1-15-8-10-17(11-9-15)26(24,25)22-18-7-5-4-6-16(18)14-19(22)20(23)12-13-21(2)3/h4-14H,1-3H3. The molecule has 0 unspecified atom stereocenters. The van der Waals surface area contributed by atoms with E-state index in [1.165, 1.54) is 6.08 Å². The van der Waals surface area contributed by atoms with Gasteiger partial charge >= 0.3 is 0 Å². The summed E-state index contributed by atoms with van der Waals surface area (Å²) in [6, 6.07) is 15.3. The molecule has 26 heavy (non-hydrogen) atoms. The van der Waals surface area contributed by atoms with E-state index in [1.807, 2.05) is 13.0 Å². The van der Waals surface area contributed by atoms with Gasteiger partial charge in [0, 0.05) is 31.8 Å². The maximum absolute atomic E-state index is 13.3. The van der Waals surface area contributed by atoms with Crippen molar-refractivity contribution in [3.8, 4) is 0 Å². The number of rotatable bonds is 5. The van der Waals surface area contributed by atoms with Crippen molar-refractivity contribution >= 4 is 26.7 Å². The van der Waals surface area contributed by atoms with E-state index in [-0.39, 0.29) is 16.4 Å². The molecular formula is C20H20N2O3S. The van der Waals surface area contributed by atoms with Gasteiger partial charge < -0.3 is 4.90 Å². The molecule has 0 N–H and O–H groups in total. The smallest absolute Gasteiger partial charge is 0.268 e. The van der Waals surface area contributed by atoms with E-state index >= 15 is 0 Å². The van der Waals surface area contributed by atoms with Crippen molar-refractivity contribution in [2.24, 2.45) is 0 Å². The molecule has 0 saturated heterocycles. The zero-order valence-electron chi connectivity index (χ0n) is 14.9. The van der Waals surface area contributed by atoms with Crippen molar-refractivity contribution in [1.82, 2.24) is 8.87 Å². The fraction of sp³-hybridized carbons (Fsp3) is 0.150. The highest BCUT2D eigenvalue weighted by Crippen LogP contribution is 2.26. The topological polar surface area (TPSA) is 59.4 Å². The number of hydrogen-bond acceptors (Lipinski definition) is 4. The van der Waals surface area contributed by atoms with Crippen molar-refractivity contribution in [2.45, 2.75) is 11.8 Å². The van der Waals surface area contributed by atoms with Gasteiger partial charge in [-0.05, 0) is 31.2 Å². The Hall–Kier alpha value is -2.86. The van der Waals surface area contributed by atoms with E-state index in [2.05, 4.69) is 0 Å². The van der Waals surface area contributed by atoms with Crippen molar-refractivity contribution in [3.05, 3.63) is 78.1 Å². The van der Waals surface area contributed by atoms with E-state index in [1.54, 1.807) is 73.7 Å². The van der Waals surface area contributed by atoms with Gasteiger partial charge in [0.25, 0.3) is 10.0 Å². The highest BCUT2D eigenvalue weighted by Gasteiger charge is 2.25. The average Bonchev–Trinajstić information content (AvgIpc) is 3.00. The highest BCUT2D eigenvalue weighted by molar-refractivity contribution is 7.90. The van der Waals surface area contributed by atoms with Crippen molar-refractivity contribution in [1.29, 1.82) is 0 Å². The normalized spacial score (nSPS) is 12.0. The molecule has 0 radical (unpaired) electrons. The number of carbonyl (C=O) groups is 1. The van der Waals surface area contributed by atoms with Gasteiger partial charge in [0.05, 0.1) is 10.4 Å². The predicted octanol–water partition coefficient (Wildman–Crippen LogP) is 3.44. The third-order valence-electron chi connectivity index (χ3n) is 4.00. The lowest BCUT2D eigenvalue weighted by molar-refractivity contribution is 0.104. The zero-order valence-corrected chi connectivity index (χ0v) is 15.7. The summed E-state index contributed by atoms with van der Waals surface area (Å²) in [4.78, 5) is 14.5. The van der Waals surface area contributed by atoms with Crippen LogP contribution in [-0.2, 0) is 10.0 Å². The number of hydrogen-bond donors (Lipinski definition) is 0. The second-order valence-electron chi connectivity index (χ2n) is 6.31. The Morgan fingerprint density at radius 1 is 1.04 bits per heavy atom. The quantitative estimate of drug-likeness (QED) is 0.511. The van der Waals surface area contributed by atoms with E-state index < -0.39 is 10.0 Å². The molecule has 0 spiro atoms. The maximum atomic E-state index is 13.3. The Morgan fingerprint density at radius 2 is 1.69 bits per heavy atom.